The second-order valence-corrected chi connectivity index (χ2v) is 5.59. The van der Waals surface area contributed by atoms with Gasteiger partial charge in [-0.25, -0.2) is 0 Å². The SMILES string of the molecule is CCNC(CCC1CC1)c1ccc2ncccc2c1. The van der Waals surface area contributed by atoms with Crippen molar-refractivity contribution in [1.29, 1.82) is 0 Å². The highest BCUT2D eigenvalue weighted by Gasteiger charge is 2.22. The first-order valence-electron chi connectivity index (χ1n) is 7.45. The number of hydrogen-bond donors (Lipinski definition) is 1. The van der Waals surface area contributed by atoms with Gasteiger partial charge in [-0.05, 0) is 49.1 Å². The lowest BCUT2D eigenvalue weighted by Gasteiger charge is -2.18. The zero-order valence-corrected chi connectivity index (χ0v) is 11.6. The van der Waals surface area contributed by atoms with E-state index >= 15 is 0 Å². The average Bonchev–Trinajstić information content (AvgIpc) is 3.27. The third kappa shape index (κ3) is 3.13. The highest BCUT2D eigenvalue weighted by Crippen LogP contribution is 2.36. The van der Waals surface area contributed by atoms with Crippen molar-refractivity contribution in [3.8, 4) is 0 Å². The Morgan fingerprint density at radius 1 is 1.32 bits per heavy atom. The Bertz CT molecular complexity index is 546. The first-order chi connectivity index (χ1) is 9.36. The highest BCUT2D eigenvalue weighted by molar-refractivity contribution is 5.79. The summed E-state index contributed by atoms with van der Waals surface area (Å²) in [5.74, 6) is 1.00. The van der Waals surface area contributed by atoms with E-state index in [2.05, 4.69) is 41.5 Å². The van der Waals surface area contributed by atoms with Gasteiger partial charge in [0.05, 0.1) is 5.52 Å². The van der Waals surface area contributed by atoms with Gasteiger partial charge < -0.3 is 5.32 Å². The van der Waals surface area contributed by atoms with Crippen LogP contribution in [0.2, 0.25) is 0 Å². The number of nitrogens with one attached hydrogen (secondary N) is 1. The Morgan fingerprint density at radius 2 is 2.21 bits per heavy atom. The van der Waals surface area contributed by atoms with Crippen LogP contribution in [0, 0.1) is 5.92 Å². The van der Waals surface area contributed by atoms with Gasteiger partial charge in [0, 0.05) is 17.6 Å². The molecule has 3 rings (SSSR count). The van der Waals surface area contributed by atoms with Crippen molar-refractivity contribution in [3.63, 3.8) is 0 Å². The summed E-state index contributed by atoms with van der Waals surface area (Å²) in [7, 11) is 0. The molecule has 0 saturated heterocycles. The normalized spacial score (nSPS) is 16.7. The van der Waals surface area contributed by atoms with Crippen molar-refractivity contribution >= 4 is 10.9 Å². The number of fused-ring (bicyclic) bond motifs is 1. The summed E-state index contributed by atoms with van der Waals surface area (Å²) in [4.78, 5) is 4.39. The van der Waals surface area contributed by atoms with Gasteiger partial charge in [0.1, 0.15) is 0 Å². The van der Waals surface area contributed by atoms with E-state index in [0.29, 0.717) is 6.04 Å². The topological polar surface area (TPSA) is 24.9 Å². The molecule has 1 aliphatic rings. The minimum Gasteiger partial charge on any atom is -0.310 e. The quantitative estimate of drug-likeness (QED) is 0.840. The molecule has 100 valence electrons. The maximum atomic E-state index is 4.39. The van der Waals surface area contributed by atoms with Gasteiger partial charge in [-0.2, -0.15) is 0 Å². The second-order valence-electron chi connectivity index (χ2n) is 5.59. The molecule has 1 heterocycles. The molecule has 1 fully saturated rings. The summed E-state index contributed by atoms with van der Waals surface area (Å²) in [6, 6.07) is 11.3. The second kappa shape index (κ2) is 5.70. The van der Waals surface area contributed by atoms with Gasteiger partial charge in [0.25, 0.3) is 0 Å². The van der Waals surface area contributed by atoms with Gasteiger partial charge in [0.2, 0.25) is 0 Å². The highest BCUT2D eigenvalue weighted by atomic mass is 14.9. The smallest absolute Gasteiger partial charge is 0.0702 e. The van der Waals surface area contributed by atoms with Gasteiger partial charge in [0.15, 0.2) is 0 Å². The van der Waals surface area contributed by atoms with Crippen molar-refractivity contribution in [2.45, 2.75) is 38.6 Å². The summed E-state index contributed by atoms with van der Waals surface area (Å²) in [6.45, 7) is 3.22. The maximum absolute atomic E-state index is 4.39. The Labute approximate surface area is 115 Å². The van der Waals surface area contributed by atoms with E-state index in [9.17, 15) is 0 Å². The molecule has 1 atom stereocenters. The van der Waals surface area contributed by atoms with Crippen LogP contribution in [-0.4, -0.2) is 11.5 Å². The van der Waals surface area contributed by atoms with Crippen LogP contribution in [0.4, 0.5) is 0 Å². The number of hydrogen-bond acceptors (Lipinski definition) is 2. The first-order valence-corrected chi connectivity index (χ1v) is 7.45. The van der Waals surface area contributed by atoms with E-state index in [0.717, 1.165) is 18.0 Å². The predicted molar refractivity (Wildman–Crippen MR) is 80.1 cm³/mol. The molecule has 0 radical (unpaired) electrons. The van der Waals surface area contributed by atoms with E-state index in [1.165, 1.54) is 36.6 Å². The van der Waals surface area contributed by atoms with E-state index in [4.69, 9.17) is 0 Å². The first kappa shape index (κ1) is 12.6. The Hall–Kier alpha value is -1.41. The molecule has 19 heavy (non-hydrogen) atoms. The van der Waals surface area contributed by atoms with Crippen molar-refractivity contribution < 1.29 is 0 Å². The molecule has 1 saturated carbocycles. The molecule has 0 aliphatic heterocycles. The van der Waals surface area contributed by atoms with E-state index < -0.39 is 0 Å². The molecular formula is C17H22N2. The van der Waals surface area contributed by atoms with Gasteiger partial charge in [-0.3, -0.25) is 4.98 Å². The van der Waals surface area contributed by atoms with Crippen LogP contribution in [0.3, 0.4) is 0 Å². The lowest BCUT2D eigenvalue weighted by Crippen LogP contribution is -2.21. The maximum Gasteiger partial charge on any atom is 0.0702 e. The Kier molecular flexibility index (Phi) is 3.79. The fourth-order valence-electron chi connectivity index (χ4n) is 2.75. The van der Waals surface area contributed by atoms with Crippen molar-refractivity contribution in [3.05, 3.63) is 42.1 Å². The molecule has 0 spiro atoms. The van der Waals surface area contributed by atoms with Crippen LogP contribution in [0.15, 0.2) is 36.5 Å². The predicted octanol–water partition coefficient (Wildman–Crippen LogP) is 4.08. The zero-order valence-electron chi connectivity index (χ0n) is 11.6. The molecule has 1 aromatic heterocycles. The molecule has 1 aromatic carbocycles. The third-order valence-corrected chi connectivity index (χ3v) is 4.04. The number of aromatic nitrogens is 1. The minimum atomic E-state index is 0.496. The number of nitrogens with zero attached hydrogens (tertiary/aromatic N) is 1. The van der Waals surface area contributed by atoms with Crippen molar-refractivity contribution in [1.82, 2.24) is 10.3 Å². The summed E-state index contributed by atoms with van der Waals surface area (Å²) >= 11 is 0. The molecule has 1 unspecified atom stereocenters. The fraction of sp³-hybridized carbons (Fsp3) is 0.471. The van der Waals surface area contributed by atoms with E-state index in [-0.39, 0.29) is 0 Å². The van der Waals surface area contributed by atoms with Gasteiger partial charge in [-0.1, -0.05) is 31.9 Å². The summed E-state index contributed by atoms with van der Waals surface area (Å²) < 4.78 is 0. The monoisotopic (exact) mass is 254 g/mol. The standard InChI is InChI=1S/C17H22N2/c1-2-18-16(9-7-13-5-6-13)15-8-10-17-14(12-15)4-3-11-19-17/h3-4,8,10-13,16,18H,2,5-7,9H2,1H3. The molecule has 1 aliphatic carbocycles. The molecule has 2 aromatic rings. The van der Waals surface area contributed by atoms with E-state index in [1.54, 1.807) is 0 Å². The van der Waals surface area contributed by atoms with Crippen molar-refractivity contribution in [2.75, 3.05) is 6.54 Å². The molecule has 1 N–H and O–H groups in total. The van der Waals surface area contributed by atoms with Crippen LogP contribution in [0.1, 0.15) is 44.2 Å². The van der Waals surface area contributed by atoms with E-state index in [1.807, 2.05) is 12.3 Å². The Morgan fingerprint density at radius 3 is 3.00 bits per heavy atom. The van der Waals surface area contributed by atoms with Crippen LogP contribution >= 0.6 is 0 Å². The average molecular weight is 254 g/mol. The van der Waals surface area contributed by atoms with Crippen LogP contribution in [0.5, 0.6) is 0 Å². The largest absolute Gasteiger partial charge is 0.310 e. The summed E-state index contributed by atoms with van der Waals surface area (Å²) in [5.41, 5.74) is 2.49. The molecule has 0 amide bonds. The minimum absolute atomic E-state index is 0.496. The third-order valence-electron chi connectivity index (χ3n) is 4.04. The number of benzene rings is 1. The Balaban J connectivity index is 1.80. The number of pyridine rings is 1. The lowest BCUT2D eigenvalue weighted by molar-refractivity contribution is 0.482. The summed E-state index contributed by atoms with van der Waals surface area (Å²) in [6.07, 6.45) is 7.37. The number of rotatable bonds is 6. The molecule has 0 bridgehead atoms. The zero-order chi connectivity index (χ0) is 13.1. The van der Waals surface area contributed by atoms with Crippen LogP contribution in [-0.2, 0) is 0 Å². The van der Waals surface area contributed by atoms with Crippen LogP contribution in [0.25, 0.3) is 10.9 Å². The molecule has 2 nitrogen and oxygen atoms in total. The van der Waals surface area contributed by atoms with Crippen LogP contribution < -0.4 is 5.32 Å². The molecule has 2 heteroatoms. The van der Waals surface area contributed by atoms with Gasteiger partial charge >= 0.3 is 0 Å². The van der Waals surface area contributed by atoms with Crippen molar-refractivity contribution in [2.24, 2.45) is 5.92 Å². The lowest BCUT2D eigenvalue weighted by atomic mass is 9.99. The molecular weight excluding hydrogens is 232 g/mol. The summed E-state index contributed by atoms with van der Waals surface area (Å²) in [5, 5.41) is 4.87. The van der Waals surface area contributed by atoms with Gasteiger partial charge in [-0.15, -0.1) is 0 Å². The fourth-order valence-corrected chi connectivity index (χ4v) is 2.75.